The van der Waals surface area contributed by atoms with Crippen LogP contribution in [-0.2, 0) is 11.3 Å². The molecule has 0 unspecified atom stereocenters. The van der Waals surface area contributed by atoms with E-state index in [1.165, 1.54) is 12.1 Å². The van der Waals surface area contributed by atoms with Gasteiger partial charge in [0.25, 0.3) is 0 Å². The summed E-state index contributed by atoms with van der Waals surface area (Å²) >= 11 is 0. The number of hydrogen-bond acceptors (Lipinski definition) is 5. The molecule has 2 heterocycles. The van der Waals surface area contributed by atoms with Crippen LogP contribution in [-0.4, -0.2) is 29.9 Å². The molecule has 28 heavy (non-hydrogen) atoms. The van der Waals surface area contributed by atoms with Gasteiger partial charge in [0, 0.05) is 42.7 Å². The van der Waals surface area contributed by atoms with Gasteiger partial charge in [-0.05, 0) is 47.5 Å². The van der Waals surface area contributed by atoms with Crippen LogP contribution in [0.4, 0.5) is 4.39 Å². The lowest BCUT2D eigenvalue weighted by atomic mass is 10.0. The van der Waals surface area contributed by atoms with Crippen molar-refractivity contribution in [1.29, 1.82) is 0 Å². The second kappa shape index (κ2) is 9.01. The van der Waals surface area contributed by atoms with E-state index in [2.05, 4.69) is 21.9 Å². The van der Waals surface area contributed by atoms with Crippen LogP contribution in [0.5, 0.6) is 5.75 Å². The Bertz CT molecular complexity index is 987. The van der Waals surface area contributed by atoms with Crippen molar-refractivity contribution >= 4 is 6.29 Å². The Hall–Kier alpha value is -3.38. The van der Waals surface area contributed by atoms with E-state index >= 15 is 0 Å². The van der Waals surface area contributed by atoms with Crippen LogP contribution in [0.2, 0.25) is 0 Å². The minimum Gasteiger partial charge on any atom is -0.497 e. The number of rotatable bonds is 8. The second-order valence-corrected chi connectivity index (χ2v) is 6.19. The van der Waals surface area contributed by atoms with Crippen molar-refractivity contribution in [1.82, 2.24) is 15.3 Å². The van der Waals surface area contributed by atoms with Crippen molar-refractivity contribution in [3.63, 3.8) is 0 Å². The van der Waals surface area contributed by atoms with Crippen molar-refractivity contribution < 1.29 is 13.9 Å². The largest absolute Gasteiger partial charge is 0.497 e. The number of pyridine rings is 2. The van der Waals surface area contributed by atoms with E-state index < -0.39 is 0 Å². The van der Waals surface area contributed by atoms with Gasteiger partial charge in [-0.3, -0.25) is 14.8 Å². The van der Waals surface area contributed by atoms with E-state index in [0.717, 1.165) is 28.7 Å². The van der Waals surface area contributed by atoms with Crippen LogP contribution < -0.4 is 10.1 Å². The monoisotopic (exact) mass is 377 g/mol. The number of ether oxygens (including phenoxy) is 1. The summed E-state index contributed by atoms with van der Waals surface area (Å²) in [6.07, 6.45) is 4.16. The van der Waals surface area contributed by atoms with Crippen LogP contribution in [0, 0.1) is 5.82 Å². The molecule has 0 fully saturated rings. The highest BCUT2D eigenvalue weighted by Crippen LogP contribution is 2.29. The highest BCUT2D eigenvalue weighted by atomic mass is 19.1. The smallest absolute Gasteiger partial charge is 0.146 e. The molecule has 0 aliphatic rings. The summed E-state index contributed by atoms with van der Waals surface area (Å²) in [6.45, 7) is 4.53. The van der Waals surface area contributed by atoms with E-state index in [1.807, 2.05) is 12.1 Å². The number of benzene rings is 1. The molecule has 0 amide bonds. The number of hydrogen-bond donors (Lipinski definition) is 1. The first-order valence-electron chi connectivity index (χ1n) is 8.69. The molecule has 0 saturated carbocycles. The van der Waals surface area contributed by atoms with Crippen molar-refractivity contribution in [2.45, 2.75) is 6.54 Å². The predicted molar refractivity (Wildman–Crippen MR) is 106 cm³/mol. The predicted octanol–water partition coefficient (Wildman–Crippen LogP) is 3.80. The van der Waals surface area contributed by atoms with Gasteiger partial charge in [-0.15, -0.1) is 0 Å². The van der Waals surface area contributed by atoms with Gasteiger partial charge in [0.05, 0.1) is 18.5 Å². The molecule has 0 radical (unpaired) electrons. The summed E-state index contributed by atoms with van der Waals surface area (Å²) in [5.41, 5.74) is 4.50. The standard InChI is InChI=1S/C22H20FN3O2/c1-15(14-27)11-24-12-17-13-26-21(16-3-5-18(23)6-4-16)10-20(17)22-9-19(28-2)7-8-25-22/h3-10,13-14,24H,1,11-12H2,2H3. The zero-order chi connectivity index (χ0) is 19.9. The third-order valence-corrected chi connectivity index (χ3v) is 4.20. The second-order valence-electron chi connectivity index (χ2n) is 6.19. The van der Waals surface area contributed by atoms with E-state index in [0.29, 0.717) is 30.1 Å². The summed E-state index contributed by atoms with van der Waals surface area (Å²) in [5, 5.41) is 3.18. The number of halogens is 1. The van der Waals surface area contributed by atoms with Gasteiger partial charge >= 0.3 is 0 Å². The van der Waals surface area contributed by atoms with Gasteiger partial charge in [0.15, 0.2) is 0 Å². The van der Waals surface area contributed by atoms with E-state index in [1.54, 1.807) is 37.7 Å². The highest BCUT2D eigenvalue weighted by Gasteiger charge is 2.11. The van der Waals surface area contributed by atoms with Crippen LogP contribution in [0.15, 0.2) is 67.0 Å². The summed E-state index contributed by atoms with van der Waals surface area (Å²) in [5.74, 6) is 0.396. The zero-order valence-electron chi connectivity index (χ0n) is 15.5. The summed E-state index contributed by atoms with van der Waals surface area (Å²) < 4.78 is 18.6. The van der Waals surface area contributed by atoms with Gasteiger partial charge in [-0.25, -0.2) is 4.39 Å². The van der Waals surface area contributed by atoms with Crippen LogP contribution in [0.3, 0.4) is 0 Å². The van der Waals surface area contributed by atoms with Gasteiger partial charge in [0.1, 0.15) is 17.9 Å². The maximum Gasteiger partial charge on any atom is 0.146 e. The first-order valence-corrected chi connectivity index (χ1v) is 8.69. The summed E-state index contributed by atoms with van der Waals surface area (Å²) in [7, 11) is 1.60. The molecule has 3 rings (SSSR count). The lowest BCUT2D eigenvalue weighted by Gasteiger charge is -2.13. The molecule has 1 aromatic carbocycles. The van der Waals surface area contributed by atoms with Gasteiger partial charge < -0.3 is 10.1 Å². The van der Waals surface area contributed by atoms with Crippen LogP contribution in [0.1, 0.15) is 5.56 Å². The highest BCUT2D eigenvalue weighted by molar-refractivity contribution is 5.73. The molecule has 142 valence electrons. The maximum atomic E-state index is 13.2. The van der Waals surface area contributed by atoms with E-state index in [9.17, 15) is 9.18 Å². The molecule has 0 saturated heterocycles. The summed E-state index contributed by atoms with van der Waals surface area (Å²) in [6, 6.07) is 11.7. The molecule has 5 nitrogen and oxygen atoms in total. The average Bonchev–Trinajstić information content (AvgIpc) is 2.74. The normalized spacial score (nSPS) is 10.5. The van der Waals surface area contributed by atoms with Crippen molar-refractivity contribution in [3.8, 4) is 28.3 Å². The zero-order valence-corrected chi connectivity index (χ0v) is 15.5. The number of nitrogens with one attached hydrogen (secondary N) is 1. The Morgan fingerprint density at radius 2 is 1.96 bits per heavy atom. The lowest BCUT2D eigenvalue weighted by Crippen LogP contribution is -2.17. The molecule has 6 heteroatoms. The Kier molecular flexibility index (Phi) is 6.24. The van der Waals surface area contributed by atoms with E-state index in [4.69, 9.17) is 4.74 Å². The fourth-order valence-electron chi connectivity index (χ4n) is 2.73. The van der Waals surface area contributed by atoms with Crippen molar-refractivity contribution in [2.24, 2.45) is 0 Å². The van der Waals surface area contributed by atoms with Gasteiger partial charge in [-0.2, -0.15) is 0 Å². The van der Waals surface area contributed by atoms with Crippen molar-refractivity contribution in [3.05, 3.63) is 78.4 Å². The number of aldehydes is 1. The third kappa shape index (κ3) is 4.66. The maximum absolute atomic E-state index is 13.2. The summed E-state index contributed by atoms with van der Waals surface area (Å²) in [4.78, 5) is 19.7. The topological polar surface area (TPSA) is 64.1 Å². The number of methoxy groups -OCH3 is 1. The van der Waals surface area contributed by atoms with Crippen LogP contribution >= 0.6 is 0 Å². The fraction of sp³-hybridized carbons (Fsp3) is 0.136. The molecule has 0 atom stereocenters. The average molecular weight is 377 g/mol. The molecule has 0 aliphatic carbocycles. The molecule has 2 aromatic heterocycles. The van der Waals surface area contributed by atoms with Gasteiger partial charge in [-0.1, -0.05) is 6.58 Å². The molecule has 1 N–H and O–H groups in total. The first kappa shape index (κ1) is 19.4. The number of aromatic nitrogens is 2. The van der Waals surface area contributed by atoms with E-state index in [-0.39, 0.29) is 5.82 Å². The van der Waals surface area contributed by atoms with Crippen molar-refractivity contribution in [2.75, 3.05) is 13.7 Å². The molecule has 0 spiro atoms. The molecule has 0 aliphatic heterocycles. The molecule has 3 aromatic rings. The molecular formula is C22H20FN3O2. The Morgan fingerprint density at radius 1 is 1.18 bits per heavy atom. The lowest BCUT2D eigenvalue weighted by molar-refractivity contribution is -0.104. The van der Waals surface area contributed by atoms with Gasteiger partial charge in [0.2, 0.25) is 0 Å². The Morgan fingerprint density at radius 3 is 2.68 bits per heavy atom. The number of nitrogens with zero attached hydrogens (tertiary/aromatic N) is 2. The molecule has 0 bridgehead atoms. The Balaban J connectivity index is 1.99. The SMILES string of the molecule is C=C(C=O)CNCc1cnc(-c2ccc(F)cc2)cc1-c1cc(OC)ccn1. The quantitative estimate of drug-likeness (QED) is 0.478. The number of carbonyl (C=O) groups excluding carboxylic acids is 1. The Labute approximate surface area is 162 Å². The minimum atomic E-state index is -0.297. The molecular weight excluding hydrogens is 357 g/mol. The van der Waals surface area contributed by atoms with Crippen LogP contribution in [0.25, 0.3) is 22.5 Å². The third-order valence-electron chi connectivity index (χ3n) is 4.20. The number of carbonyl (C=O) groups is 1. The minimum absolute atomic E-state index is 0.297. The fourth-order valence-corrected chi connectivity index (χ4v) is 2.73. The first-order chi connectivity index (χ1) is 13.6.